The van der Waals surface area contributed by atoms with Crippen molar-refractivity contribution in [1.29, 1.82) is 0 Å². The Morgan fingerprint density at radius 1 is 0.714 bits per heavy atom. The van der Waals surface area contributed by atoms with E-state index < -0.39 is 11.6 Å². The van der Waals surface area contributed by atoms with Gasteiger partial charge < -0.3 is 10.2 Å². The van der Waals surface area contributed by atoms with Crippen molar-refractivity contribution in [3.05, 3.63) is 149 Å². The number of hydrogen-bond acceptors (Lipinski definition) is 4. The second kappa shape index (κ2) is 10.1. The highest BCUT2D eigenvalue weighted by molar-refractivity contribution is 7.13. The summed E-state index contributed by atoms with van der Waals surface area (Å²) in [5.74, 6) is 0.142. The number of phenols is 1. The van der Waals surface area contributed by atoms with E-state index in [2.05, 4.69) is 0 Å². The zero-order valence-corrected chi connectivity index (χ0v) is 19.8. The van der Waals surface area contributed by atoms with Gasteiger partial charge in [0.05, 0.1) is 0 Å². The van der Waals surface area contributed by atoms with Gasteiger partial charge in [0.2, 0.25) is 0 Å². The number of aliphatic hydroxyl groups is 1. The van der Waals surface area contributed by atoms with Gasteiger partial charge in [0.15, 0.2) is 0 Å². The first-order valence-corrected chi connectivity index (χ1v) is 12.3. The molecular formula is C31H25NO2S. The van der Waals surface area contributed by atoms with Crippen LogP contribution in [0.3, 0.4) is 0 Å². The number of aromatic hydroxyl groups is 1. The lowest BCUT2D eigenvalue weighted by Gasteiger charge is -2.35. The summed E-state index contributed by atoms with van der Waals surface area (Å²) in [5, 5.41) is 25.1. The van der Waals surface area contributed by atoms with Gasteiger partial charge in [-0.25, -0.2) is 0 Å². The number of nitrogens with zero attached hydrogens (tertiary/aromatic N) is 1. The van der Waals surface area contributed by atoms with Crippen LogP contribution in [0.5, 0.6) is 5.75 Å². The molecule has 5 rings (SSSR count). The van der Waals surface area contributed by atoms with Crippen LogP contribution in [-0.4, -0.2) is 16.4 Å². The summed E-state index contributed by atoms with van der Waals surface area (Å²) in [7, 11) is 0. The van der Waals surface area contributed by atoms with Crippen LogP contribution >= 0.6 is 11.3 Å². The van der Waals surface area contributed by atoms with E-state index >= 15 is 0 Å². The number of aliphatic imine (C=N–C) groups is 1. The van der Waals surface area contributed by atoms with E-state index in [1.807, 2.05) is 121 Å². The summed E-state index contributed by atoms with van der Waals surface area (Å²) in [6.07, 6.45) is 1.67. The van der Waals surface area contributed by atoms with Gasteiger partial charge in [-0.3, -0.25) is 4.99 Å². The van der Waals surface area contributed by atoms with Crippen molar-refractivity contribution in [3.63, 3.8) is 0 Å². The maximum atomic E-state index is 12.4. The van der Waals surface area contributed by atoms with Gasteiger partial charge in [-0.05, 0) is 51.9 Å². The Kier molecular flexibility index (Phi) is 6.57. The van der Waals surface area contributed by atoms with Crippen molar-refractivity contribution in [3.8, 4) is 16.2 Å². The molecule has 35 heavy (non-hydrogen) atoms. The van der Waals surface area contributed by atoms with Gasteiger partial charge in [-0.2, -0.15) is 0 Å². The SMILES string of the molecule is Oc1ccc(-c2cccs2)cc1C=N[C@H](c1ccccc1)C(O)(c1ccccc1)c1ccccc1. The van der Waals surface area contributed by atoms with Crippen LogP contribution in [0.25, 0.3) is 10.4 Å². The van der Waals surface area contributed by atoms with Gasteiger partial charge in [-0.1, -0.05) is 97.1 Å². The maximum absolute atomic E-state index is 12.4. The average Bonchev–Trinajstić information content (AvgIpc) is 3.46. The van der Waals surface area contributed by atoms with Gasteiger partial charge in [0.1, 0.15) is 17.4 Å². The third kappa shape index (κ3) is 4.67. The number of hydrogen-bond donors (Lipinski definition) is 2. The lowest BCUT2D eigenvalue weighted by Crippen LogP contribution is -2.34. The van der Waals surface area contributed by atoms with Gasteiger partial charge in [0, 0.05) is 16.7 Å². The maximum Gasteiger partial charge on any atom is 0.141 e. The van der Waals surface area contributed by atoms with Crippen LogP contribution in [0.15, 0.2) is 132 Å². The molecule has 0 saturated carbocycles. The monoisotopic (exact) mass is 475 g/mol. The molecule has 0 spiro atoms. The standard InChI is InChI=1S/C31H25NO2S/c33-28-19-18-24(29-17-10-20-35-29)21-25(28)22-32-30(23-11-4-1-5-12-23)31(34,26-13-6-2-7-14-26)27-15-8-3-9-16-27/h1-22,30,33-34H/t30-/m1/s1. The Labute approximate surface area is 209 Å². The lowest BCUT2D eigenvalue weighted by molar-refractivity contribution is 0.0523. The minimum Gasteiger partial charge on any atom is -0.507 e. The van der Waals surface area contributed by atoms with Gasteiger partial charge in [0.25, 0.3) is 0 Å². The molecule has 4 heteroatoms. The van der Waals surface area contributed by atoms with E-state index in [9.17, 15) is 10.2 Å². The summed E-state index contributed by atoms with van der Waals surface area (Å²) in [5.41, 5.74) is 2.54. The van der Waals surface area contributed by atoms with Gasteiger partial charge in [-0.15, -0.1) is 11.3 Å². The number of benzene rings is 4. The molecule has 0 amide bonds. The summed E-state index contributed by atoms with van der Waals surface area (Å²) < 4.78 is 0. The van der Waals surface area contributed by atoms with E-state index in [4.69, 9.17) is 4.99 Å². The minimum absolute atomic E-state index is 0.142. The summed E-state index contributed by atoms with van der Waals surface area (Å²) in [6.45, 7) is 0. The smallest absolute Gasteiger partial charge is 0.141 e. The molecule has 1 atom stereocenters. The van der Waals surface area contributed by atoms with Crippen molar-refractivity contribution in [2.24, 2.45) is 4.99 Å². The summed E-state index contributed by atoms with van der Waals surface area (Å²) in [6, 6.07) is 38.0. The average molecular weight is 476 g/mol. The molecule has 0 saturated heterocycles. The quantitative estimate of drug-likeness (QED) is 0.244. The van der Waals surface area contributed by atoms with E-state index in [1.54, 1.807) is 23.6 Å². The van der Waals surface area contributed by atoms with Crippen molar-refractivity contribution in [1.82, 2.24) is 0 Å². The molecule has 5 aromatic rings. The normalized spacial score (nSPS) is 12.6. The largest absolute Gasteiger partial charge is 0.507 e. The Morgan fingerprint density at radius 3 is 1.89 bits per heavy atom. The van der Waals surface area contributed by atoms with Crippen LogP contribution in [-0.2, 0) is 5.60 Å². The molecule has 1 aromatic heterocycles. The Morgan fingerprint density at radius 2 is 1.31 bits per heavy atom. The second-order valence-corrected chi connectivity index (χ2v) is 9.29. The first-order chi connectivity index (χ1) is 17.2. The Bertz CT molecular complexity index is 1360. The zero-order valence-electron chi connectivity index (χ0n) is 19.0. The van der Waals surface area contributed by atoms with Crippen molar-refractivity contribution in [2.45, 2.75) is 11.6 Å². The summed E-state index contributed by atoms with van der Waals surface area (Å²) in [4.78, 5) is 6.06. The van der Waals surface area contributed by atoms with Crippen molar-refractivity contribution in [2.75, 3.05) is 0 Å². The van der Waals surface area contributed by atoms with Crippen LogP contribution in [0.1, 0.15) is 28.3 Å². The molecule has 0 bridgehead atoms. The number of rotatable bonds is 7. The number of phenolic OH excluding ortho intramolecular Hbond substituents is 1. The molecule has 0 aliphatic heterocycles. The zero-order chi connectivity index (χ0) is 24.1. The van der Waals surface area contributed by atoms with Gasteiger partial charge >= 0.3 is 0 Å². The highest BCUT2D eigenvalue weighted by atomic mass is 32.1. The second-order valence-electron chi connectivity index (χ2n) is 8.34. The highest BCUT2D eigenvalue weighted by Crippen LogP contribution is 2.43. The Balaban J connectivity index is 1.66. The molecule has 4 aromatic carbocycles. The molecular weight excluding hydrogens is 450 g/mol. The topological polar surface area (TPSA) is 52.8 Å². The molecule has 3 nitrogen and oxygen atoms in total. The third-order valence-corrected chi connectivity index (χ3v) is 7.05. The molecule has 172 valence electrons. The van der Waals surface area contributed by atoms with E-state index in [0.717, 1.165) is 27.1 Å². The van der Waals surface area contributed by atoms with Crippen molar-refractivity contribution < 1.29 is 10.2 Å². The fourth-order valence-electron chi connectivity index (χ4n) is 4.35. The Hall–Kier alpha value is -3.99. The molecule has 0 unspecified atom stereocenters. The lowest BCUT2D eigenvalue weighted by atomic mass is 9.77. The van der Waals surface area contributed by atoms with E-state index in [0.29, 0.717) is 5.56 Å². The molecule has 0 radical (unpaired) electrons. The molecule has 0 fully saturated rings. The molecule has 1 heterocycles. The van der Waals surface area contributed by atoms with Crippen LogP contribution in [0.2, 0.25) is 0 Å². The fraction of sp³-hybridized carbons (Fsp3) is 0.0645. The molecule has 2 N–H and O–H groups in total. The van der Waals surface area contributed by atoms with Crippen LogP contribution < -0.4 is 0 Å². The van der Waals surface area contributed by atoms with Crippen LogP contribution in [0, 0.1) is 0 Å². The molecule has 0 aliphatic carbocycles. The van der Waals surface area contributed by atoms with Crippen LogP contribution in [0.4, 0.5) is 0 Å². The first kappa shape index (κ1) is 22.8. The fourth-order valence-corrected chi connectivity index (χ4v) is 5.07. The third-order valence-electron chi connectivity index (χ3n) is 6.13. The first-order valence-electron chi connectivity index (χ1n) is 11.4. The number of thiophene rings is 1. The minimum atomic E-state index is -1.43. The summed E-state index contributed by atoms with van der Waals surface area (Å²) >= 11 is 1.64. The predicted octanol–water partition coefficient (Wildman–Crippen LogP) is 7.22. The highest BCUT2D eigenvalue weighted by Gasteiger charge is 2.41. The van der Waals surface area contributed by atoms with Crippen molar-refractivity contribution >= 4 is 17.6 Å². The predicted molar refractivity (Wildman–Crippen MR) is 144 cm³/mol. The molecule has 0 aliphatic rings. The van der Waals surface area contributed by atoms with E-state index in [1.165, 1.54) is 0 Å². The van der Waals surface area contributed by atoms with E-state index in [-0.39, 0.29) is 5.75 Å².